The van der Waals surface area contributed by atoms with Gasteiger partial charge in [-0.05, 0) is 35.2 Å². The molecule has 0 radical (unpaired) electrons. The Morgan fingerprint density at radius 2 is 1.96 bits per heavy atom. The van der Waals surface area contributed by atoms with Crippen molar-refractivity contribution in [3.63, 3.8) is 0 Å². The second-order valence-corrected chi connectivity index (χ2v) is 5.98. The molecule has 2 aromatic rings. The van der Waals surface area contributed by atoms with Crippen molar-refractivity contribution in [3.05, 3.63) is 59.2 Å². The van der Waals surface area contributed by atoms with Crippen molar-refractivity contribution >= 4 is 5.91 Å². The molecule has 0 spiro atoms. The summed E-state index contributed by atoms with van der Waals surface area (Å²) < 4.78 is 16.3. The van der Waals surface area contributed by atoms with E-state index < -0.39 is 0 Å². The fraction of sp³-hybridized carbons (Fsp3) is 0.350. The topological polar surface area (TPSA) is 56.8 Å². The monoisotopic (exact) mass is 341 g/mol. The second-order valence-electron chi connectivity index (χ2n) is 5.98. The van der Waals surface area contributed by atoms with Gasteiger partial charge in [-0.25, -0.2) is 0 Å². The number of fused-ring (bicyclic) bond motifs is 1. The molecule has 1 atom stereocenters. The summed E-state index contributed by atoms with van der Waals surface area (Å²) in [5, 5.41) is 2.97. The first-order valence-corrected chi connectivity index (χ1v) is 8.38. The summed E-state index contributed by atoms with van der Waals surface area (Å²) >= 11 is 0. The smallest absolute Gasteiger partial charge is 0.224 e. The number of carbonyl (C=O) groups excluding carboxylic acids is 1. The van der Waals surface area contributed by atoms with E-state index in [0.29, 0.717) is 24.7 Å². The fourth-order valence-corrected chi connectivity index (χ4v) is 3.09. The van der Waals surface area contributed by atoms with E-state index in [0.717, 1.165) is 12.0 Å². The minimum absolute atomic E-state index is 0.0427. The maximum atomic E-state index is 12.3. The summed E-state index contributed by atoms with van der Waals surface area (Å²) in [6, 6.07) is 13.7. The largest absolute Gasteiger partial charge is 0.493 e. The van der Waals surface area contributed by atoms with E-state index in [1.165, 1.54) is 11.1 Å². The normalized spacial score (nSPS) is 16.0. The molecular formula is C20H23NO4. The Balaban J connectivity index is 1.59. The standard InChI is InChI=1S/C20H23NO4/c1-23-17-8-7-14(11-18(17)24-2)12-20(22)21-13-19-16-6-4-3-5-15(16)9-10-25-19/h3-8,11,19H,9-10,12-13H2,1-2H3,(H,21,22). The number of amides is 1. The van der Waals surface area contributed by atoms with E-state index in [1.54, 1.807) is 14.2 Å². The Labute approximate surface area is 147 Å². The lowest BCUT2D eigenvalue weighted by molar-refractivity contribution is -0.121. The second kappa shape index (κ2) is 8.03. The van der Waals surface area contributed by atoms with Crippen molar-refractivity contribution in [2.45, 2.75) is 18.9 Å². The molecule has 5 nitrogen and oxygen atoms in total. The molecule has 0 saturated heterocycles. The number of carbonyl (C=O) groups is 1. The third-order valence-corrected chi connectivity index (χ3v) is 4.39. The molecule has 1 N–H and O–H groups in total. The minimum Gasteiger partial charge on any atom is -0.493 e. The summed E-state index contributed by atoms with van der Waals surface area (Å²) in [6.07, 6.45) is 1.13. The number of rotatable bonds is 6. The molecule has 1 aliphatic rings. The van der Waals surface area contributed by atoms with Crippen LogP contribution in [0.1, 0.15) is 22.8 Å². The Bertz CT molecular complexity index is 744. The number of hydrogen-bond donors (Lipinski definition) is 1. The van der Waals surface area contributed by atoms with Crippen LogP contribution in [0.15, 0.2) is 42.5 Å². The number of nitrogens with one attached hydrogen (secondary N) is 1. The summed E-state index contributed by atoms with van der Waals surface area (Å²) in [7, 11) is 3.17. The number of methoxy groups -OCH3 is 2. The van der Waals surface area contributed by atoms with Crippen molar-refractivity contribution in [1.29, 1.82) is 0 Å². The van der Waals surface area contributed by atoms with E-state index in [4.69, 9.17) is 14.2 Å². The molecule has 1 aliphatic heterocycles. The molecule has 0 aromatic heterocycles. The highest BCUT2D eigenvalue weighted by Gasteiger charge is 2.21. The van der Waals surface area contributed by atoms with E-state index >= 15 is 0 Å². The van der Waals surface area contributed by atoms with Gasteiger partial charge in [-0.3, -0.25) is 4.79 Å². The zero-order valence-electron chi connectivity index (χ0n) is 14.6. The van der Waals surface area contributed by atoms with Gasteiger partial charge in [0.1, 0.15) is 6.10 Å². The molecule has 2 aromatic carbocycles. The summed E-state index contributed by atoms with van der Waals surface area (Å²) in [5.74, 6) is 1.23. The van der Waals surface area contributed by atoms with Gasteiger partial charge >= 0.3 is 0 Å². The van der Waals surface area contributed by atoms with Crippen LogP contribution >= 0.6 is 0 Å². The van der Waals surface area contributed by atoms with Crippen molar-refractivity contribution in [2.75, 3.05) is 27.4 Å². The van der Waals surface area contributed by atoms with Gasteiger partial charge in [-0.1, -0.05) is 30.3 Å². The average molecular weight is 341 g/mol. The molecule has 1 amide bonds. The van der Waals surface area contributed by atoms with E-state index in [-0.39, 0.29) is 18.4 Å². The van der Waals surface area contributed by atoms with E-state index in [1.807, 2.05) is 30.3 Å². The number of benzene rings is 2. The highest BCUT2D eigenvalue weighted by Crippen LogP contribution is 2.28. The third kappa shape index (κ3) is 4.12. The maximum absolute atomic E-state index is 12.3. The van der Waals surface area contributed by atoms with Crippen LogP contribution < -0.4 is 14.8 Å². The Morgan fingerprint density at radius 1 is 1.16 bits per heavy atom. The maximum Gasteiger partial charge on any atom is 0.224 e. The predicted octanol–water partition coefficient (Wildman–Crippen LogP) is 2.68. The summed E-state index contributed by atoms with van der Waals surface area (Å²) in [6.45, 7) is 1.16. The van der Waals surface area contributed by atoms with Gasteiger partial charge in [0.15, 0.2) is 11.5 Å². The molecule has 0 fully saturated rings. The van der Waals surface area contributed by atoms with Gasteiger partial charge < -0.3 is 19.5 Å². The zero-order valence-corrected chi connectivity index (χ0v) is 14.6. The lowest BCUT2D eigenvalue weighted by atomic mass is 9.97. The Kier molecular flexibility index (Phi) is 5.56. The van der Waals surface area contributed by atoms with Gasteiger partial charge in [0.05, 0.1) is 27.2 Å². The Hall–Kier alpha value is -2.53. The first-order valence-electron chi connectivity index (χ1n) is 8.38. The summed E-state index contributed by atoms with van der Waals surface area (Å²) in [4.78, 5) is 12.3. The van der Waals surface area contributed by atoms with Crippen LogP contribution in [0, 0.1) is 0 Å². The van der Waals surface area contributed by atoms with Crippen LogP contribution in [0.5, 0.6) is 11.5 Å². The zero-order chi connectivity index (χ0) is 17.6. The minimum atomic E-state index is -0.0840. The molecule has 3 rings (SSSR count). The van der Waals surface area contributed by atoms with Gasteiger partial charge in [0, 0.05) is 6.54 Å². The van der Waals surface area contributed by atoms with Gasteiger partial charge in [-0.2, -0.15) is 0 Å². The molecule has 1 unspecified atom stereocenters. The van der Waals surface area contributed by atoms with Crippen molar-refractivity contribution in [3.8, 4) is 11.5 Å². The highest BCUT2D eigenvalue weighted by molar-refractivity contribution is 5.78. The molecule has 5 heteroatoms. The summed E-state index contributed by atoms with van der Waals surface area (Å²) in [5.41, 5.74) is 3.34. The molecule has 132 valence electrons. The molecule has 0 bridgehead atoms. The first-order chi connectivity index (χ1) is 12.2. The van der Waals surface area contributed by atoms with Crippen molar-refractivity contribution in [2.24, 2.45) is 0 Å². The lowest BCUT2D eigenvalue weighted by Crippen LogP contribution is -2.32. The van der Waals surface area contributed by atoms with E-state index in [9.17, 15) is 4.79 Å². The number of hydrogen-bond acceptors (Lipinski definition) is 4. The van der Waals surface area contributed by atoms with Crippen LogP contribution in [-0.4, -0.2) is 33.3 Å². The van der Waals surface area contributed by atoms with Crippen LogP contribution in [0.4, 0.5) is 0 Å². The molecule has 0 aliphatic carbocycles. The van der Waals surface area contributed by atoms with Crippen LogP contribution in [0.2, 0.25) is 0 Å². The molecular weight excluding hydrogens is 318 g/mol. The van der Waals surface area contributed by atoms with Gasteiger partial charge in [-0.15, -0.1) is 0 Å². The predicted molar refractivity (Wildman–Crippen MR) is 95.1 cm³/mol. The quantitative estimate of drug-likeness (QED) is 0.878. The van der Waals surface area contributed by atoms with Crippen LogP contribution in [-0.2, 0) is 22.4 Å². The fourth-order valence-electron chi connectivity index (χ4n) is 3.09. The SMILES string of the molecule is COc1ccc(CC(=O)NCC2OCCc3ccccc32)cc1OC. The van der Waals surface area contributed by atoms with Gasteiger partial charge in [0.25, 0.3) is 0 Å². The molecule has 25 heavy (non-hydrogen) atoms. The third-order valence-electron chi connectivity index (χ3n) is 4.39. The van der Waals surface area contributed by atoms with Gasteiger partial charge in [0.2, 0.25) is 5.91 Å². The average Bonchev–Trinajstić information content (AvgIpc) is 2.66. The van der Waals surface area contributed by atoms with E-state index in [2.05, 4.69) is 17.4 Å². The molecule has 0 saturated carbocycles. The van der Waals surface area contributed by atoms with Crippen molar-refractivity contribution in [1.82, 2.24) is 5.32 Å². The molecule has 1 heterocycles. The number of ether oxygens (including phenoxy) is 3. The van der Waals surface area contributed by atoms with Crippen LogP contribution in [0.25, 0.3) is 0 Å². The van der Waals surface area contributed by atoms with Crippen LogP contribution in [0.3, 0.4) is 0 Å². The Morgan fingerprint density at radius 3 is 2.76 bits per heavy atom. The lowest BCUT2D eigenvalue weighted by Gasteiger charge is -2.26. The first kappa shape index (κ1) is 17.3. The highest BCUT2D eigenvalue weighted by atomic mass is 16.5. The van der Waals surface area contributed by atoms with Crippen molar-refractivity contribution < 1.29 is 19.0 Å².